The van der Waals surface area contributed by atoms with Gasteiger partial charge in [0.25, 0.3) is 5.91 Å². The first kappa shape index (κ1) is 16.9. The quantitative estimate of drug-likeness (QED) is 0.405. The number of hydrogen-bond donors (Lipinski definition) is 3. The molecule has 0 atom stereocenters. The Hall–Kier alpha value is -4.19. The van der Waals surface area contributed by atoms with Crippen LogP contribution in [0.1, 0.15) is 10.4 Å². The largest absolute Gasteiger partial charge is 0.324 e. The van der Waals surface area contributed by atoms with Gasteiger partial charge in [-0.2, -0.15) is 0 Å². The number of carbonyl (C=O) groups excluding carboxylic acids is 1. The highest BCUT2D eigenvalue weighted by atomic mass is 16.1. The number of nitrogens with zero attached hydrogens (tertiary/aromatic N) is 2. The fraction of sp³-hybridized carbons (Fsp3) is 0. The average molecular weight is 379 g/mol. The zero-order valence-electron chi connectivity index (χ0n) is 15.4. The number of carbonyl (C=O) groups is 1. The number of benzene rings is 3. The monoisotopic (exact) mass is 379 g/mol. The molecule has 140 valence electrons. The third kappa shape index (κ3) is 3.39. The number of fused-ring (bicyclic) bond motifs is 2. The maximum Gasteiger partial charge on any atom is 0.257 e. The molecule has 0 aliphatic carbocycles. The Morgan fingerprint density at radius 2 is 1.66 bits per heavy atom. The molecule has 0 aliphatic heterocycles. The van der Waals surface area contributed by atoms with Crippen molar-refractivity contribution in [2.75, 3.05) is 10.6 Å². The van der Waals surface area contributed by atoms with Gasteiger partial charge in [-0.15, -0.1) is 0 Å². The normalized spacial score (nSPS) is 10.9. The molecule has 5 rings (SSSR count). The molecule has 3 aromatic carbocycles. The Labute approximate surface area is 166 Å². The lowest BCUT2D eigenvalue weighted by molar-refractivity contribution is 0.102. The smallest absolute Gasteiger partial charge is 0.257 e. The summed E-state index contributed by atoms with van der Waals surface area (Å²) >= 11 is 0. The van der Waals surface area contributed by atoms with Crippen molar-refractivity contribution in [2.45, 2.75) is 0 Å². The van der Waals surface area contributed by atoms with Gasteiger partial charge < -0.3 is 15.6 Å². The van der Waals surface area contributed by atoms with E-state index < -0.39 is 0 Å². The highest BCUT2D eigenvalue weighted by Gasteiger charge is 2.14. The van der Waals surface area contributed by atoms with Crippen molar-refractivity contribution in [3.8, 4) is 0 Å². The summed E-state index contributed by atoms with van der Waals surface area (Å²) in [5, 5.41) is 8.25. The molecule has 6 nitrogen and oxygen atoms in total. The fourth-order valence-corrected chi connectivity index (χ4v) is 3.27. The fourth-order valence-electron chi connectivity index (χ4n) is 3.27. The van der Waals surface area contributed by atoms with Crippen LogP contribution in [-0.4, -0.2) is 20.9 Å². The van der Waals surface area contributed by atoms with Crippen molar-refractivity contribution in [1.29, 1.82) is 0 Å². The first-order valence-corrected chi connectivity index (χ1v) is 9.23. The van der Waals surface area contributed by atoms with Crippen LogP contribution in [0.5, 0.6) is 0 Å². The summed E-state index contributed by atoms with van der Waals surface area (Å²) in [7, 11) is 0. The van der Waals surface area contributed by atoms with E-state index in [-0.39, 0.29) is 5.91 Å². The molecule has 0 aliphatic rings. The van der Waals surface area contributed by atoms with Gasteiger partial charge in [0.2, 0.25) is 5.95 Å². The third-order valence-corrected chi connectivity index (χ3v) is 4.67. The molecule has 0 radical (unpaired) electrons. The molecule has 0 saturated heterocycles. The number of imidazole rings is 1. The van der Waals surface area contributed by atoms with Crippen LogP contribution in [0.4, 0.5) is 17.5 Å². The lowest BCUT2D eigenvalue weighted by Crippen LogP contribution is -2.12. The van der Waals surface area contributed by atoms with E-state index >= 15 is 0 Å². The predicted octanol–water partition coefficient (Wildman–Crippen LogP) is 5.11. The Morgan fingerprint density at radius 3 is 2.52 bits per heavy atom. The van der Waals surface area contributed by atoms with Crippen LogP contribution < -0.4 is 10.6 Å². The Morgan fingerprint density at radius 1 is 0.862 bits per heavy atom. The maximum atomic E-state index is 12.7. The van der Waals surface area contributed by atoms with Crippen LogP contribution in [0, 0.1) is 0 Å². The molecular weight excluding hydrogens is 362 g/mol. The summed E-state index contributed by atoms with van der Waals surface area (Å²) in [4.78, 5) is 25.0. The second-order valence-electron chi connectivity index (χ2n) is 6.65. The first-order valence-electron chi connectivity index (χ1n) is 9.23. The number of pyridine rings is 1. The van der Waals surface area contributed by atoms with E-state index in [1.165, 1.54) is 0 Å². The molecule has 3 N–H and O–H groups in total. The van der Waals surface area contributed by atoms with E-state index in [2.05, 4.69) is 25.6 Å². The molecule has 2 heterocycles. The third-order valence-electron chi connectivity index (χ3n) is 4.67. The van der Waals surface area contributed by atoms with Crippen molar-refractivity contribution >= 4 is 45.2 Å². The highest BCUT2D eigenvalue weighted by Crippen LogP contribution is 2.23. The second kappa shape index (κ2) is 7.09. The summed E-state index contributed by atoms with van der Waals surface area (Å²) in [6.45, 7) is 0. The van der Waals surface area contributed by atoms with Gasteiger partial charge in [-0.05, 0) is 35.7 Å². The predicted molar refractivity (Wildman–Crippen MR) is 116 cm³/mol. The highest BCUT2D eigenvalue weighted by molar-refractivity contribution is 6.11. The SMILES string of the molecule is O=C(Nc1ccccc1)c1cccc2[nH]c(Nc3cc4ccccc4cn3)nc12. The number of H-pyrrole nitrogens is 1. The lowest BCUT2D eigenvalue weighted by atomic mass is 10.1. The van der Waals surface area contributed by atoms with Gasteiger partial charge >= 0.3 is 0 Å². The van der Waals surface area contributed by atoms with E-state index in [9.17, 15) is 4.79 Å². The summed E-state index contributed by atoms with van der Waals surface area (Å²) in [6, 6.07) is 24.8. The van der Waals surface area contributed by atoms with Crippen LogP contribution in [0.3, 0.4) is 0 Å². The molecule has 0 fully saturated rings. The van der Waals surface area contributed by atoms with Gasteiger partial charge in [0.15, 0.2) is 0 Å². The van der Waals surface area contributed by atoms with Crippen molar-refractivity contribution < 1.29 is 4.79 Å². The minimum absolute atomic E-state index is 0.205. The Balaban J connectivity index is 1.45. The number of rotatable bonds is 4. The summed E-state index contributed by atoms with van der Waals surface area (Å²) in [5.74, 6) is 1.00. The number of para-hydroxylation sites is 2. The molecule has 6 heteroatoms. The minimum atomic E-state index is -0.205. The van der Waals surface area contributed by atoms with Gasteiger partial charge in [-0.1, -0.05) is 48.5 Å². The molecule has 0 saturated carbocycles. The van der Waals surface area contributed by atoms with Crippen molar-refractivity contribution in [2.24, 2.45) is 0 Å². The van der Waals surface area contributed by atoms with Crippen LogP contribution >= 0.6 is 0 Å². The molecule has 0 unspecified atom stereocenters. The second-order valence-corrected chi connectivity index (χ2v) is 6.65. The molecule has 0 spiro atoms. The number of anilines is 3. The van der Waals surface area contributed by atoms with Gasteiger partial charge in [0.1, 0.15) is 11.3 Å². The molecule has 29 heavy (non-hydrogen) atoms. The van der Waals surface area contributed by atoms with Crippen LogP contribution in [0.25, 0.3) is 21.8 Å². The Bertz CT molecular complexity index is 1330. The molecule has 0 bridgehead atoms. The minimum Gasteiger partial charge on any atom is -0.324 e. The number of aromatic amines is 1. The average Bonchev–Trinajstić information content (AvgIpc) is 3.16. The molecule has 5 aromatic rings. The molecular formula is C23H17N5O. The van der Waals surface area contributed by atoms with E-state index in [1.807, 2.05) is 79.0 Å². The summed E-state index contributed by atoms with van der Waals surface area (Å²) in [6.07, 6.45) is 1.82. The topological polar surface area (TPSA) is 82.7 Å². The molecule has 2 aromatic heterocycles. The van der Waals surface area contributed by atoms with Crippen molar-refractivity contribution in [3.63, 3.8) is 0 Å². The lowest BCUT2D eigenvalue weighted by Gasteiger charge is -2.05. The Kier molecular flexibility index (Phi) is 4.14. The van der Waals surface area contributed by atoms with Crippen LogP contribution in [0.2, 0.25) is 0 Å². The zero-order valence-corrected chi connectivity index (χ0v) is 15.4. The van der Waals surface area contributed by atoms with Crippen molar-refractivity contribution in [1.82, 2.24) is 15.0 Å². The summed E-state index contributed by atoms with van der Waals surface area (Å²) in [5.41, 5.74) is 2.61. The number of aromatic nitrogens is 3. The number of hydrogen-bond acceptors (Lipinski definition) is 4. The van der Waals surface area contributed by atoms with E-state index in [0.29, 0.717) is 22.8 Å². The number of nitrogens with one attached hydrogen (secondary N) is 3. The van der Waals surface area contributed by atoms with E-state index in [4.69, 9.17) is 0 Å². The zero-order chi connectivity index (χ0) is 19.6. The van der Waals surface area contributed by atoms with Gasteiger partial charge in [0.05, 0.1) is 11.1 Å². The standard InChI is InChI=1S/C23H17N5O/c29-22(25-17-9-2-1-3-10-17)18-11-6-12-19-21(18)28-23(26-19)27-20-13-15-7-4-5-8-16(15)14-24-20/h1-14H,(H,25,29)(H2,24,26,27,28). The maximum absolute atomic E-state index is 12.7. The van der Waals surface area contributed by atoms with Gasteiger partial charge in [0, 0.05) is 17.3 Å². The van der Waals surface area contributed by atoms with Crippen molar-refractivity contribution in [3.05, 3.63) is 90.6 Å². The number of amides is 1. The van der Waals surface area contributed by atoms with E-state index in [1.54, 1.807) is 6.07 Å². The summed E-state index contributed by atoms with van der Waals surface area (Å²) < 4.78 is 0. The van der Waals surface area contributed by atoms with Gasteiger partial charge in [-0.25, -0.2) is 9.97 Å². The van der Waals surface area contributed by atoms with Gasteiger partial charge in [-0.3, -0.25) is 4.79 Å². The van der Waals surface area contributed by atoms with Crippen LogP contribution in [0.15, 0.2) is 85.1 Å². The molecule has 1 amide bonds. The van der Waals surface area contributed by atoms with Crippen LogP contribution in [-0.2, 0) is 0 Å². The first-order chi connectivity index (χ1) is 14.3. The van der Waals surface area contributed by atoms with E-state index in [0.717, 1.165) is 22.0 Å².